The molecule has 3 fully saturated rings. The molecule has 0 amide bonds. The van der Waals surface area contributed by atoms with Crippen LogP contribution in [0.15, 0.2) is 24.5 Å². The molecule has 3 aliphatic rings. The standard InChI is InChI=1S/C21H22F3N7O/c1-13-4-14(5-17(27-13)21(22,23)24)30-11-20(12-30)2-3-29(10-20)18-7-25-16-6-26-31(19(16)28-18)15-8-32-9-15/h4-7,15H,2-3,8-12H2,1H3. The van der Waals surface area contributed by atoms with E-state index < -0.39 is 11.9 Å². The van der Waals surface area contributed by atoms with Gasteiger partial charge in [-0.05, 0) is 25.5 Å². The van der Waals surface area contributed by atoms with Crippen LogP contribution in [-0.4, -0.2) is 64.1 Å². The summed E-state index contributed by atoms with van der Waals surface area (Å²) in [5, 5.41) is 4.42. The molecule has 3 saturated heterocycles. The summed E-state index contributed by atoms with van der Waals surface area (Å²) < 4.78 is 46.6. The van der Waals surface area contributed by atoms with Gasteiger partial charge in [-0.25, -0.2) is 19.6 Å². The Bertz CT molecular complexity index is 1180. The summed E-state index contributed by atoms with van der Waals surface area (Å²) in [5.41, 5.74) is 1.70. The van der Waals surface area contributed by atoms with Crippen LogP contribution in [0.2, 0.25) is 0 Å². The summed E-state index contributed by atoms with van der Waals surface area (Å²) in [6.45, 7) is 5.96. The Balaban J connectivity index is 1.18. The third kappa shape index (κ3) is 3.17. The van der Waals surface area contributed by atoms with Crippen LogP contribution >= 0.6 is 0 Å². The zero-order valence-corrected chi connectivity index (χ0v) is 17.5. The number of rotatable bonds is 3. The van der Waals surface area contributed by atoms with Crippen LogP contribution < -0.4 is 9.80 Å². The van der Waals surface area contributed by atoms with E-state index in [2.05, 4.69) is 20.0 Å². The van der Waals surface area contributed by atoms with Crippen molar-refractivity contribution in [2.45, 2.75) is 25.6 Å². The zero-order chi connectivity index (χ0) is 22.1. The van der Waals surface area contributed by atoms with Gasteiger partial charge >= 0.3 is 6.18 Å². The Morgan fingerprint density at radius 1 is 1.06 bits per heavy atom. The number of aryl methyl sites for hydroxylation is 1. The van der Waals surface area contributed by atoms with Gasteiger partial charge in [0, 0.05) is 43.0 Å². The molecular weight excluding hydrogens is 423 g/mol. The molecule has 0 bridgehead atoms. The third-order valence-corrected chi connectivity index (χ3v) is 6.67. The minimum Gasteiger partial charge on any atom is -0.377 e. The van der Waals surface area contributed by atoms with Gasteiger partial charge in [-0.3, -0.25) is 0 Å². The summed E-state index contributed by atoms with van der Waals surface area (Å²) in [5.74, 6) is 0.814. The lowest BCUT2D eigenvalue weighted by atomic mass is 9.78. The predicted molar refractivity (Wildman–Crippen MR) is 111 cm³/mol. The highest BCUT2D eigenvalue weighted by molar-refractivity contribution is 5.71. The van der Waals surface area contributed by atoms with Crippen molar-refractivity contribution in [1.29, 1.82) is 0 Å². The van der Waals surface area contributed by atoms with Crippen molar-refractivity contribution >= 4 is 22.7 Å². The number of halogens is 3. The molecule has 0 unspecified atom stereocenters. The molecule has 11 heteroatoms. The van der Waals surface area contributed by atoms with Crippen molar-refractivity contribution in [2.24, 2.45) is 5.41 Å². The van der Waals surface area contributed by atoms with Gasteiger partial charge in [0.15, 0.2) is 5.65 Å². The average molecular weight is 445 g/mol. The molecule has 3 aromatic rings. The number of hydrogen-bond donors (Lipinski definition) is 0. The highest BCUT2D eigenvalue weighted by Gasteiger charge is 2.48. The van der Waals surface area contributed by atoms with E-state index in [1.807, 2.05) is 9.58 Å². The lowest BCUT2D eigenvalue weighted by Crippen LogP contribution is -2.57. The third-order valence-electron chi connectivity index (χ3n) is 6.67. The Labute approximate surface area is 182 Å². The van der Waals surface area contributed by atoms with Crippen LogP contribution in [0.5, 0.6) is 0 Å². The number of nitrogens with zero attached hydrogens (tertiary/aromatic N) is 7. The number of ether oxygens (including phenoxy) is 1. The van der Waals surface area contributed by atoms with E-state index in [1.54, 1.807) is 25.4 Å². The molecular formula is C21H22F3N7O. The monoisotopic (exact) mass is 445 g/mol. The average Bonchev–Trinajstić information content (AvgIpc) is 3.29. The molecule has 0 saturated carbocycles. The molecule has 1 spiro atoms. The van der Waals surface area contributed by atoms with E-state index in [0.29, 0.717) is 24.6 Å². The minimum absolute atomic E-state index is 0.0499. The molecule has 0 atom stereocenters. The van der Waals surface area contributed by atoms with Crippen molar-refractivity contribution < 1.29 is 17.9 Å². The number of fused-ring (bicyclic) bond motifs is 1. The molecule has 6 heterocycles. The molecule has 3 aliphatic heterocycles. The van der Waals surface area contributed by atoms with Gasteiger partial charge in [-0.2, -0.15) is 18.3 Å². The fourth-order valence-electron chi connectivity index (χ4n) is 4.91. The first-order chi connectivity index (χ1) is 15.3. The van der Waals surface area contributed by atoms with E-state index in [4.69, 9.17) is 9.72 Å². The fourth-order valence-corrected chi connectivity index (χ4v) is 4.91. The van der Waals surface area contributed by atoms with Crippen molar-refractivity contribution in [2.75, 3.05) is 49.2 Å². The molecule has 3 aromatic heterocycles. The normalized spacial score (nSPS) is 20.8. The smallest absolute Gasteiger partial charge is 0.377 e. The molecule has 32 heavy (non-hydrogen) atoms. The second kappa shape index (κ2) is 6.77. The van der Waals surface area contributed by atoms with Gasteiger partial charge < -0.3 is 14.5 Å². The fraction of sp³-hybridized carbons (Fsp3) is 0.524. The maximum atomic E-state index is 13.1. The Kier molecular flexibility index (Phi) is 4.17. The van der Waals surface area contributed by atoms with Crippen molar-refractivity contribution in [3.05, 3.63) is 35.9 Å². The highest BCUT2D eigenvalue weighted by Crippen LogP contribution is 2.43. The van der Waals surface area contributed by atoms with Crippen molar-refractivity contribution in [3.63, 3.8) is 0 Å². The summed E-state index contributed by atoms with van der Waals surface area (Å²) in [7, 11) is 0. The maximum absolute atomic E-state index is 13.1. The summed E-state index contributed by atoms with van der Waals surface area (Å²) >= 11 is 0. The van der Waals surface area contributed by atoms with Gasteiger partial charge in [0.25, 0.3) is 0 Å². The molecule has 0 radical (unpaired) electrons. The summed E-state index contributed by atoms with van der Waals surface area (Å²) in [6.07, 6.45) is 0.0343. The van der Waals surface area contributed by atoms with E-state index in [0.717, 1.165) is 55.6 Å². The molecule has 0 N–H and O–H groups in total. The second-order valence-corrected chi connectivity index (χ2v) is 9.09. The SMILES string of the molecule is Cc1cc(N2CC3(CCN(c4cnc5cnn(C6COC6)c5n4)C3)C2)cc(C(F)(F)F)n1. The molecule has 0 aromatic carbocycles. The van der Waals surface area contributed by atoms with Crippen LogP contribution in [0, 0.1) is 12.3 Å². The van der Waals surface area contributed by atoms with Gasteiger partial charge in [0.1, 0.15) is 23.1 Å². The maximum Gasteiger partial charge on any atom is 0.433 e. The number of anilines is 2. The van der Waals surface area contributed by atoms with Gasteiger partial charge in [-0.15, -0.1) is 0 Å². The van der Waals surface area contributed by atoms with Gasteiger partial charge in [0.05, 0.1) is 25.6 Å². The molecule has 0 aliphatic carbocycles. The minimum atomic E-state index is -4.44. The number of aromatic nitrogens is 5. The van der Waals surface area contributed by atoms with Crippen LogP contribution in [0.4, 0.5) is 24.7 Å². The van der Waals surface area contributed by atoms with Gasteiger partial charge in [-0.1, -0.05) is 0 Å². The van der Waals surface area contributed by atoms with Crippen LogP contribution in [0.1, 0.15) is 23.9 Å². The summed E-state index contributed by atoms with van der Waals surface area (Å²) in [4.78, 5) is 17.2. The van der Waals surface area contributed by atoms with E-state index in [-0.39, 0.29) is 11.5 Å². The largest absolute Gasteiger partial charge is 0.433 e. The Hall–Kier alpha value is -2.95. The van der Waals surface area contributed by atoms with Crippen molar-refractivity contribution in [1.82, 2.24) is 24.7 Å². The quantitative estimate of drug-likeness (QED) is 0.614. The predicted octanol–water partition coefficient (Wildman–Crippen LogP) is 2.84. The topological polar surface area (TPSA) is 72.2 Å². The molecule has 6 rings (SSSR count). The van der Waals surface area contributed by atoms with Crippen LogP contribution in [-0.2, 0) is 10.9 Å². The number of pyridine rings is 1. The lowest BCUT2D eigenvalue weighted by Gasteiger charge is -2.49. The molecule has 8 nitrogen and oxygen atoms in total. The first kappa shape index (κ1) is 19.7. The van der Waals surface area contributed by atoms with E-state index >= 15 is 0 Å². The van der Waals surface area contributed by atoms with Crippen LogP contribution in [0.25, 0.3) is 11.2 Å². The van der Waals surface area contributed by atoms with Crippen molar-refractivity contribution in [3.8, 4) is 0 Å². The number of alkyl halides is 3. The highest BCUT2D eigenvalue weighted by atomic mass is 19.4. The van der Waals surface area contributed by atoms with Gasteiger partial charge in [0.2, 0.25) is 0 Å². The second-order valence-electron chi connectivity index (χ2n) is 9.09. The summed E-state index contributed by atoms with van der Waals surface area (Å²) in [6, 6.07) is 3.07. The zero-order valence-electron chi connectivity index (χ0n) is 17.5. The van der Waals surface area contributed by atoms with E-state index in [1.165, 1.54) is 0 Å². The Morgan fingerprint density at radius 2 is 1.84 bits per heavy atom. The lowest BCUT2D eigenvalue weighted by molar-refractivity contribution is -0.141. The molecule has 168 valence electrons. The first-order valence-corrected chi connectivity index (χ1v) is 10.6. The number of hydrogen-bond acceptors (Lipinski definition) is 7. The van der Waals surface area contributed by atoms with Crippen LogP contribution in [0.3, 0.4) is 0 Å². The Morgan fingerprint density at radius 3 is 2.56 bits per heavy atom. The first-order valence-electron chi connectivity index (χ1n) is 10.6. The van der Waals surface area contributed by atoms with E-state index in [9.17, 15) is 13.2 Å².